The van der Waals surface area contributed by atoms with E-state index in [1.807, 2.05) is 0 Å². The average Bonchev–Trinajstić information content (AvgIpc) is 1.89. The molecule has 0 amide bonds. The van der Waals surface area contributed by atoms with Crippen molar-refractivity contribution in [1.82, 2.24) is 0 Å². The molecule has 0 aliphatic carbocycles. The van der Waals surface area contributed by atoms with E-state index in [1.54, 1.807) is 18.2 Å². The van der Waals surface area contributed by atoms with Gasteiger partial charge in [0.1, 0.15) is 0 Å². The first-order valence-electron chi connectivity index (χ1n) is 2.31. The molecule has 0 radical (unpaired) electrons. The van der Waals surface area contributed by atoms with E-state index in [0.717, 1.165) is 4.73 Å². The van der Waals surface area contributed by atoms with Crippen LogP contribution >= 0.6 is 10.1 Å². The van der Waals surface area contributed by atoms with Gasteiger partial charge >= 0.3 is 63.1 Å². The second-order valence-electron chi connectivity index (χ2n) is 1.44. The van der Waals surface area contributed by atoms with Crippen LogP contribution in [-0.4, -0.2) is 14.0 Å². The van der Waals surface area contributed by atoms with Crippen LogP contribution in [0.5, 0.6) is 0 Å². The summed E-state index contributed by atoms with van der Waals surface area (Å²) in [4.78, 5) is 0. The third kappa shape index (κ3) is 1.58. The minimum absolute atomic E-state index is 0.219. The second kappa shape index (κ2) is 3.06. The number of pyridine rings is 1. The van der Waals surface area contributed by atoms with Gasteiger partial charge in [-0.15, -0.1) is 0 Å². The normalized spacial score (nSPS) is 9.44. The van der Waals surface area contributed by atoms with Gasteiger partial charge in [-0.25, -0.2) is 0 Å². The van der Waals surface area contributed by atoms with Crippen LogP contribution < -0.4 is 9.32 Å². The quantitative estimate of drug-likeness (QED) is 0.357. The SMILES string of the molecule is [O-][n+]1ccccc1[Se]Cl. The van der Waals surface area contributed by atoms with Gasteiger partial charge in [0.15, 0.2) is 0 Å². The van der Waals surface area contributed by atoms with Crippen LogP contribution in [0.15, 0.2) is 24.4 Å². The summed E-state index contributed by atoms with van der Waals surface area (Å²) >= 11 is -0.219. The Morgan fingerprint density at radius 2 is 2.33 bits per heavy atom. The summed E-state index contributed by atoms with van der Waals surface area (Å²) < 4.78 is 1.43. The first kappa shape index (κ1) is 6.87. The molecule has 0 aliphatic rings. The van der Waals surface area contributed by atoms with E-state index < -0.39 is 0 Å². The minimum atomic E-state index is -0.219. The fourth-order valence-corrected chi connectivity index (χ4v) is 1.64. The van der Waals surface area contributed by atoms with Crippen molar-refractivity contribution in [2.45, 2.75) is 0 Å². The Hall–Kier alpha value is -0.241. The van der Waals surface area contributed by atoms with Crippen LogP contribution in [-0.2, 0) is 0 Å². The number of nitrogens with zero attached hydrogens (tertiary/aromatic N) is 1. The molecule has 4 heteroatoms. The predicted octanol–water partition coefficient (Wildman–Crippen LogP) is -0.197. The standard InChI is InChI=1S/C5H4ClNOSe/c6-9-5-3-1-2-4-7(5)8/h1-4H. The number of halogens is 1. The summed E-state index contributed by atoms with van der Waals surface area (Å²) in [6.45, 7) is 0. The Morgan fingerprint density at radius 1 is 1.56 bits per heavy atom. The number of aromatic nitrogens is 1. The molecule has 1 heterocycles. The first-order valence-corrected chi connectivity index (χ1v) is 5.42. The summed E-state index contributed by atoms with van der Waals surface area (Å²) in [5.41, 5.74) is 0. The molecule has 0 N–H and O–H groups in total. The summed E-state index contributed by atoms with van der Waals surface area (Å²) in [5.74, 6) is 0. The van der Waals surface area contributed by atoms with Gasteiger partial charge in [0.2, 0.25) is 0 Å². The van der Waals surface area contributed by atoms with Crippen LogP contribution in [0, 0.1) is 5.21 Å². The molecule has 9 heavy (non-hydrogen) atoms. The van der Waals surface area contributed by atoms with Gasteiger partial charge in [0.25, 0.3) is 0 Å². The van der Waals surface area contributed by atoms with E-state index in [9.17, 15) is 5.21 Å². The molecule has 48 valence electrons. The average molecular weight is 209 g/mol. The van der Waals surface area contributed by atoms with Crippen molar-refractivity contribution in [2.24, 2.45) is 0 Å². The summed E-state index contributed by atoms with van der Waals surface area (Å²) in [6, 6.07) is 5.20. The maximum atomic E-state index is 10.7. The molecule has 0 unspecified atom stereocenters. The van der Waals surface area contributed by atoms with Crippen molar-refractivity contribution in [3.63, 3.8) is 0 Å². The van der Waals surface area contributed by atoms with Gasteiger partial charge in [-0.1, -0.05) is 0 Å². The van der Waals surface area contributed by atoms with Gasteiger partial charge in [-0.2, -0.15) is 0 Å². The van der Waals surface area contributed by atoms with Crippen molar-refractivity contribution >= 4 is 28.7 Å². The van der Waals surface area contributed by atoms with E-state index in [2.05, 4.69) is 0 Å². The van der Waals surface area contributed by atoms with E-state index in [4.69, 9.17) is 10.1 Å². The fourth-order valence-electron chi connectivity index (χ4n) is 0.472. The molecule has 1 rings (SSSR count). The van der Waals surface area contributed by atoms with Crippen LogP contribution in [0.4, 0.5) is 0 Å². The molecule has 0 aliphatic heterocycles. The second-order valence-corrected chi connectivity index (χ2v) is 3.44. The van der Waals surface area contributed by atoms with Gasteiger partial charge in [0, 0.05) is 0 Å². The summed E-state index contributed by atoms with van der Waals surface area (Å²) in [5, 5.41) is 10.7. The van der Waals surface area contributed by atoms with Crippen molar-refractivity contribution in [2.75, 3.05) is 0 Å². The molecule has 2 nitrogen and oxygen atoms in total. The Bertz CT molecular complexity index is 206. The molecule has 0 spiro atoms. The Balaban J connectivity index is 3.01. The summed E-state index contributed by atoms with van der Waals surface area (Å²) in [7, 11) is 5.47. The Morgan fingerprint density at radius 3 is 2.78 bits per heavy atom. The molecule has 0 saturated carbocycles. The van der Waals surface area contributed by atoms with Crippen molar-refractivity contribution in [3.8, 4) is 0 Å². The predicted molar refractivity (Wildman–Crippen MR) is 36.6 cm³/mol. The van der Waals surface area contributed by atoms with E-state index >= 15 is 0 Å². The van der Waals surface area contributed by atoms with Gasteiger partial charge in [0.05, 0.1) is 0 Å². The van der Waals surface area contributed by atoms with Crippen LogP contribution in [0.3, 0.4) is 0 Å². The number of hydrogen-bond donors (Lipinski definition) is 0. The Labute approximate surface area is 63.4 Å². The first-order chi connectivity index (χ1) is 4.34. The van der Waals surface area contributed by atoms with E-state index in [-0.39, 0.29) is 14.0 Å². The fraction of sp³-hybridized carbons (Fsp3) is 0. The maximum absolute atomic E-state index is 10.7. The van der Waals surface area contributed by atoms with E-state index in [0.29, 0.717) is 4.59 Å². The van der Waals surface area contributed by atoms with E-state index in [1.165, 1.54) is 6.20 Å². The van der Waals surface area contributed by atoms with Gasteiger partial charge in [-0.3, -0.25) is 0 Å². The van der Waals surface area contributed by atoms with Gasteiger partial charge in [-0.05, 0) is 0 Å². The molecule has 0 atom stereocenters. The zero-order valence-electron chi connectivity index (χ0n) is 4.45. The molecule has 0 bridgehead atoms. The van der Waals surface area contributed by atoms with Crippen molar-refractivity contribution in [1.29, 1.82) is 0 Å². The molecule has 0 fully saturated rings. The molecular weight excluding hydrogens is 204 g/mol. The third-order valence-electron chi connectivity index (χ3n) is 0.868. The molecule has 0 saturated heterocycles. The monoisotopic (exact) mass is 209 g/mol. The molecular formula is C5H4ClNOSe. The topological polar surface area (TPSA) is 26.9 Å². The van der Waals surface area contributed by atoms with Crippen molar-refractivity contribution < 1.29 is 4.73 Å². The zero-order valence-corrected chi connectivity index (χ0v) is 6.92. The van der Waals surface area contributed by atoms with Crippen LogP contribution in [0.1, 0.15) is 0 Å². The Kier molecular flexibility index (Phi) is 2.34. The zero-order chi connectivity index (χ0) is 6.69. The number of rotatable bonds is 1. The third-order valence-corrected chi connectivity index (χ3v) is 2.68. The molecule has 0 aromatic carbocycles. The summed E-state index contributed by atoms with van der Waals surface area (Å²) in [6.07, 6.45) is 1.44. The number of hydrogen-bond acceptors (Lipinski definition) is 1. The molecule has 1 aromatic heterocycles. The van der Waals surface area contributed by atoms with Crippen molar-refractivity contribution in [3.05, 3.63) is 29.6 Å². The van der Waals surface area contributed by atoms with Gasteiger partial charge < -0.3 is 0 Å². The van der Waals surface area contributed by atoms with Crippen LogP contribution in [0.2, 0.25) is 0 Å². The molecule has 1 aromatic rings. The van der Waals surface area contributed by atoms with Crippen LogP contribution in [0.25, 0.3) is 0 Å².